The van der Waals surface area contributed by atoms with Gasteiger partial charge >= 0.3 is 24.2 Å². The first kappa shape index (κ1) is 15.4. The summed E-state index contributed by atoms with van der Waals surface area (Å²) in [4.78, 5) is 21.7. The molecule has 0 aliphatic rings. The molecule has 0 unspecified atom stereocenters. The number of alkyl halides is 4. The van der Waals surface area contributed by atoms with Crippen molar-refractivity contribution in [3.8, 4) is 0 Å². The molecule has 2 N–H and O–H groups in total. The van der Waals surface area contributed by atoms with Crippen LogP contribution in [0.1, 0.15) is 10.4 Å². The molecule has 1 aromatic carbocycles. The number of halogens is 5. The molecule has 0 aliphatic heterocycles. The Morgan fingerprint density at radius 2 is 1.89 bits per heavy atom. The van der Waals surface area contributed by atoms with Crippen molar-refractivity contribution < 1.29 is 32.3 Å². The van der Waals surface area contributed by atoms with Crippen molar-refractivity contribution in [3.63, 3.8) is 0 Å². The van der Waals surface area contributed by atoms with Gasteiger partial charge in [-0.15, -0.1) is 0 Å². The summed E-state index contributed by atoms with van der Waals surface area (Å²) < 4.78 is 49.4. The highest BCUT2D eigenvalue weighted by molar-refractivity contribution is 9.10. The van der Waals surface area contributed by atoms with E-state index in [4.69, 9.17) is 5.11 Å². The molecule has 4 nitrogen and oxygen atoms in total. The lowest BCUT2D eigenvalue weighted by atomic mass is 10.2. The van der Waals surface area contributed by atoms with Gasteiger partial charge in [0.25, 0.3) is 0 Å². The van der Waals surface area contributed by atoms with Crippen LogP contribution in [0, 0.1) is 0 Å². The van der Waals surface area contributed by atoms with E-state index in [-0.39, 0.29) is 15.7 Å². The van der Waals surface area contributed by atoms with E-state index in [0.717, 1.165) is 12.1 Å². The van der Waals surface area contributed by atoms with Gasteiger partial charge in [0, 0.05) is 4.47 Å². The van der Waals surface area contributed by atoms with E-state index in [2.05, 4.69) is 15.9 Å². The molecule has 0 fully saturated rings. The second kappa shape index (κ2) is 5.55. The second-order valence-electron chi connectivity index (χ2n) is 3.38. The first-order valence-electron chi connectivity index (χ1n) is 4.66. The molecule has 0 heterocycles. The molecule has 1 aromatic rings. The molecular weight excluding hydrogens is 338 g/mol. The molecule has 0 atom stereocenters. The average molecular weight is 344 g/mol. The van der Waals surface area contributed by atoms with Crippen molar-refractivity contribution in [1.29, 1.82) is 0 Å². The Kier molecular flexibility index (Phi) is 4.51. The number of carbonyl (C=O) groups is 2. The Bertz CT molecular complexity index is 521. The predicted molar refractivity (Wildman–Crippen MR) is 60.7 cm³/mol. The highest BCUT2D eigenvalue weighted by Gasteiger charge is 2.49. The molecule has 0 spiro atoms. The maximum Gasteiger partial charge on any atom is 0.383 e. The molecule has 1 rings (SSSR count). The van der Waals surface area contributed by atoms with Crippen molar-refractivity contribution in [1.82, 2.24) is 0 Å². The lowest BCUT2D eigenvalue weighted by Crippen LogP contribution is -2.41. The number of benzene rings is 1. The van der Waals surface area contributed by atoms with Crippen molar-refractivity contribution in [2.45, 2.75) is 12.3 Å². The molecule has 104 valence electrons. The highest BCUT2D eigenvalue weighted by Crippen LogP contribution is 2.28. The Morgan fingerprint density at radius 1 is 1.32 bits per heavy atom. The Labute approximate surface area is 112 Å². The number of rotatable bonds is 4. The lowest BCUT2D eigenvalue weighted by molar-refractivity contribution is -0.163. The minimum atomic E-state index is -4.86. The molecule has 0 aromatic heterocycles. The number of carboxylic acids is 1. The van der Waals surface area contributed by atoms with Gasteiger partial charge < -0.3 is 10.4 Å². The summed E-state index contributed by atoms with van der Waals surface area (Å²) in [5.74, 6) is -8.44. The zero-order chi connectivity index (χ0) is 14.8. The molecule has 0 radical (unpaired) electrons. The van der Waals surface area contributed by atoms with Crippen LogP contribution >= 0.6 is 15.9 Å². The third kappa shape index (κ3) is 3.43. The van der Waals surface area contributed by atoms with Gasteiger partial charge in [-0.05, 0) is 34.1 Å². The number of hydrogen-bond acceptors (Lipinski definition) is 2. The maximum atomic E-state index is 12.7. The van der Waals surface area contributed by atoms with Gasteiger partial charge in [0.1, 0.15) is 0 Å². The zero-order valence-corrected chi connectivity index (χ0v) is 10.5. The van der Waals surface area contributed by atoms with Crippen LogP contribution < -0.4 is 5.32 Å². The predicted octanol–water partition coefficient (Wildman–Crippen LogP) is 2.99. The quantitative estimate of drug-likeness (QED) is 0.826. The number of anilines is 1. The first-order valence-corrected chi connectivity index (χ1v) is 5.45. The number of aromatic carboxylic acids is 1. The first-order chi connectivity index (χ1) is 8.66. The Hall–Kier alpha value is -1.64. The summed E-state index contributed by atoms with van der Waals surface area (Å²) in [7, 11) is 0. The van der Waals surface area contributed by atoms with E-state index in [9.17, 15) is 27.2 Å². The molecule has 19 heavy (non-hydrogen) atoms. The van der Waals surface area contributed by atoms with Gasteiger partial charge in [-0.2, -0.15) is 8.78 Å². The summed E-state index contributed by atoms with van der Waals surface area (Å²) in [5, 5.41) is 10.2. The van der Waals surface area contributed by atoms with Crippen molar-refractivity contribution in [3.05, 3.63) is 28.2 Å². The van der Waals surface area contributed by atoms with Crippen LogP contribution in [0.25, 0.3) is 0 Å². The number of hydrogen-bond donors (Lipinski definition) is 2. The van der Waals surface area contributed by atoms with E-state index in [1.807, 2.05) is 0 Å². The summed E-state index contributed by atoms with van der Waals surface area (Å²) in [5.41, 5.74) is -0.635. The molecule has 1 amide bonds. The van der Waals surface area contributed by atoms with Crippen LogP contribution in [-0.2, 0) is 4.79 Å². The average Bonchev–Trinajstić information content (AvgIpc) is 2.31. The SMILES string of the molecule is O=C(O)c1ccc(Br)c(NC(=O)C(F)(F)C(F)F)c1. The summed E-state index contributed by atoms with van der Waals surface area (Å²) in [6, 6.07) is 3.19. The largest absolute Gasteiger partial charge is 0.478 e. The van der Waals surface area contributed by atoms with Crippen LogP contribution in [0.5, 0.6) is 0 Å². The lowest BCUT2D eigenvalue weighted by Gasteiger charge is -2.15. The van der Waals surface area contributed by atoms with Gasteiger partial charge in [-0.1, -0.05) is 0 Å². The Morgan fingerprint density at radius 3 is 2.37 bits per heavy atom. The van der Waals surface area contributed by atoms with Crippen LogP contribution in [-0.4, -0.2) is 29.3 Å². The van der Waals surface area contributed by atoms with Gasteiger partial charge in [0.15, 0.2) is 0 Å². The normalized spacial score (nSPS) is 11.5. The van der Waals surface area contributed by atoms with Crippen LogP contribution in [0.2, 0.25) is 0 Å². The van der Waals surface area contributed by atoms with Gasteiger partial charge in [-0.25, -0.2) is 13.6 Å². The molecule has 0 aliphatic carbocycles. The van der Waals surface area contributed by atoms with Crippen LogP contribution in [0.4, 0.5) is 23.2 Å². The van der Waals surface area contributed by atoms with Crippen LogP contribution in [0.15, 0.2) is 22.7 Å². The number of carbonyl (C=O) groups excluding carboxylic acids is 1. The fourth-order valence-electron chi connectivity index (χ4n) is 1.06. The minimum Gasteiger partial charge on any atom is -0.478 e. The molecule has 0 saturated heterocycles. The van der Waals surface area contributed by atoms with E-state index >= 15 is 0 Å². The van der Waals surface area contributed by atoms with E-state index in [0.29, 0.717) is 0 Å². The minimum absolute atomic E-state index is 0.0796. The smallest absolute Gasteiger partial charge is 0.383 e. The standard InChI is InChI=1S/C10H6BrF4NO3/c11-5-2-1-4(7(17)18)3-6(5)16-9(19)10(14,15)8(12)13/h1-3,8H,(H,16,19)(H,17,18). The fourth-order valence-corrected chi connectivity index (χ4v) is 1.40. The highest BCUT2D eigenvalue weighted by atomic mass is 79.9. The number of nitrogens with one attached hydrogen (secondary N) is 1. The second-order valence-corrected chi connectivity index (χ2v) is 4.23. The molecular formula is C10H6BrF4NO3. The van der Waals surface area contributed by atoms with E-state index in [1.165, 1.54) is 6.07 Å². The summed E-state index contributed by atoms with van der Waals surface area (Å²) >= 11 is 2.87. The topological polar surface area (TPSA) is 66.4 Å². The number of amides is 1. The summed E-state index contributed by atoms with van der Waals surface area (Å²) in [6.07, 6.45) is -4.16. The van der Waals surface area contributed by atoms with Crippen LogP contribution in [0.3, 0.4) is 0 Å². The van der Waals surface area contributed by atoms with E-state index in [1.54, 1.807) is 5.32 Å². The zero-order valence-electron chi connectivity index (χ0n) is 8.96. The van der Waals surface area contributed by atoms with Crippen molar-refractivity contribution in [2.75, 3.05) is 5.32 Å². The third-order valence-electron chi connectivity index (χ3n) is 2.04. The van der Waals surface area contributed by atoms with Gasteiger partial charge in [0.2, 0.25) is 0 Å². The Balaban J connectivity index is 3.03. The molecule has 9 heteroatoms. The fraction of sp³-hybridized carbons (Fsp3) is 0.200. The van der Waals surface area contributed by atoms with Gasteiger partial charge in [0.05, 0.1) is 11.3 Å². The van der Waals surface area contributed by atoms with Gasteiger partial charge in [-0.3, -0.25) is 4.79 Å². The maximum absolute atomic E-state index is 12.7. The molecule has 0 bridgehead atoms. The monoisotopic (exact) mass is 343 g/mol. The summed E-state index contributed by atoms with van der Waals surface area (Å²) in [6.45, 7) is 0. The van der Waals surface area contributed by atoms with Crippen molar-refractivity contribution >= 4 is 33.5 Å². The molecule has 0 saturated carbocycles. The van der Waals surface area contributed by atoms with Crippen molar-refractivity contribution in [2.24, 2.45) is 0 Å². The number of carboxylic acid groups (broad SMARTS) is 1. The third-order valence-corrected chi connectivity index (χ3v) is 2.73. The van der Waals surface area contributed by atoms with E-state index < -0.39 is 24.2 Å².